The van der Waals surface area contributed by atoms with Gasteiger partial charge in [0.25, 0.3) is 0 Å². The third-order valence-corrected chi connectivity index (χ3v) is 3.42. The van der Waals surface area contributed by atoms with E-state index in [-0.39, 0.29) is 0 Å². The van der Waals surface area contributed by atoms with Crippen LogP contribution < -0.4 is 5.32 Å². The van der Waals surface area contributed by atoms with Crippen LogP contribution in [0.15, 0.2) is 24.3 Å². The Morgan fingerprint density at radius 2 is 2.07 bits per heavy atom. The molecule has 1 heteroatoms. The minimum absolute atomic E-state index is 0.713. The molecule has 2 rings (SSSR count). The Morgan fingerprint density at radius 3 is 2.79 bits per heavy atom. The van der Waals surface area contributed by atoms with E-state index in [1.54, 1.807) is 0 Å². The van der Waals surface area contributed by atoms with Gasteiger partial charge in [0.15, 0.2) is 0 Å². The van der Waals surface area contributed by atoms with Crippen molar-refractivity contribution in [3.8, 4) is 0 Å². The average molecular weight is 189 g/mol. The molecule has 0 spiro atoms. The fourth-order valence-corrected chi connectivity index (χ4v) is 2.41. The van der Waals surface area contributed by atoms with Crippen LogP contribution in [0, 0.1) is 12.8 Å². The first-order valence-electron chi connectivity index (χ1n) is 5.55. The quantitative estimate of drug-likeness (QED) is 0.716. The zero-order chi connectivity index (χ0) is 9.97. The van der Waals surface area contributed by atoms with E-state index in [2.05, 4.69) is 43.4 Å². The van der Waals surface area contributed by atoms with Crippen LogP contribution in [0.2, 0.25) is 0 Å². The van der Waals surface area contributed by atoms with Gasteiger partial charge in [0, 0.05) is 6.54 Å². The molecule has 0 aromatic heterocycles. The van der Waals surface area contributed by atoms with Crippen LogP contribution in [-0.4, -0.2) is 13.1 Å². The summed E-state index contributed by atoms with van der Waals surface area (Å²) in [6.07, 6.45) is 1.30. The van der Waals surface area contributed by atoms with Crippen molar-refractivity contribution in [3.05, 3.63) is 35.4 Å². The minimum Gasteiger partial charge on any atom is -0.316 e. The summed E-state index contributed by atoms with van der Waals surface area (Å²) < 4.78 is 0. The van der Waals surface area contributed by atoms with E-state index in [4.69, 9.17) is 0 Å². The molecule has 1 aromatic carbocycles. The number of benzene rings is 1. The molecule has 2 atom stereocenters. The van der Waals surface area contributed by atoms with Crippen molar-refractivity contribution in [3.63, 3.8) is 0 Å². The van der Waals surface area contributed by atoms with Gasteiger partial charge in [-0.2, -0.15) is 0 Å². The Hall–Kier alpha value is -0.820. The number of piperidine rings is 1. The van der Waals surface area contributed by atoms with Gasteiger partial charge >= 0.3 is 0 Å². The predicted octanol–water partition coefficient (Wildman–Crippen LogP) is 2.71. The lowest BCUT2D eigenvalue weighted by Gasteiger charge is -2.30. The molecule has 2 unspecified atom stereocenters. The average Bonchev–Trinajstić information content (AvgIpc) is 2.20. The lowest BCUT2D eigenvalue weighted by atomic mass is 9.81. The van der Waals surface area contributed by atoms with Gasteiger partial charge in [-0.25, -0.2) is 0 Å². The molecule has 14 heavy (non-hydrogen) atoms. The molecule has 76 valence electrons. The first-order chi connectivity index (χ1) is 6.79. The van der Waals surface area contributed by atoms with Crippen molar-refractivity contribution in [2.75, 3.05) is 13.1 Å². The zero-order valence-corrected chi connectivity index (χ0v) is 9.09. The Kier molecular flexibility index (Phi) is 2.87. The van der Waals surface area contributed by atoms with Crippen LogP contribution in [0.1, 0.15) is 30.4 Å². The fourth-order valence-electron chi connectivity index (χ4n) is 2.41. The van der Waals surface area contributed by atoms with Gasteiger partial charge in [-0.3, -0.25) is 0 Å². The first kappa shape index (κ1) is 9.72. The van der Waals surface area contributed by atoms with Gasteiger partial charge in [0.2, 0.25) is 0 Å². The number of rotatable bonds is 1. The second-order valence-electron chi connectivity index (χ2n) is 4.43. The van der Waals surface area contributed by atoms with Crippen LogP contribution in [0.4, 0.5) is 0 Å². The molecule has 0 bridgehead atoms. The van der Waals surface area contributed by atoms with Gasteiger partial charge in [0.1, 0.15) is 0 Å². The summed E-state index contributed by atoms with van der Waals surface area (Å²) in [5, 5.41) is 3.49. The van der Waals surface area contributed by atoms with E-state index in [0.717, 1.165) is 12.5 Å². The number of nitrogens with one attached hydrogen (secondary N) is 1. The van der Waals surface area contributed by atoms with Gasteiger partial charge < -0.3 is 5.32 Å². The first-order valence-corrected chi connectivity index (χ1v) is 5.55. The van der Waals surface area contributed by atoms with Crippen LogP contribution in [-0.2, 0) is 0 Å². The van der Waals surface area contributed by atoms with Crippen molar-refractivity contribution in [2.24, 2.45) is 5.92 Å². The normalized spacial score (nSPS) is 27.6. The largest absolute Gasteiger partial charge is 0.316 e. The summed E-state index contributed by atoms with van der Waals surface area (Å²) in [6, 6.07) is 8.78. The molecule has 0 saturated carbocycles. The third kappa shape index (κ3) is 1.83. The molecule has 0 aliphatic carbocycles. The van der Waals surface area contributed by atoms with Crippen molar-refractivity contribution >= 4 is 0 Å². The summed E-state index contributed by atoms with van der Waals surface area (Å²) >= 11 is 0. The maximum absolute atomic E-state index is 3.49. The van der Waals surface area contributed by atoms with E-state index in [1.807, 2.05) is 0 Å². The van der Waals surface area contributed by atoms with E-state index in [0.29, 0.717) is 5.92 Å². The highest BCUT2D eigenvalue weighted by molar-refractivity contribution is 5.30. The molecule has 1 aliphatic heterocycles. The second kappa shape index (κ2) is 4.14. The van der Waals surface area contributed by atoms with Gasteiger partial charge in [-0.1, -0.05) is 31.2 Å². The Bertz CT molecular complexity index is 306. The van der Waals surface area contributed by atoms with Crippen LogP contribution in [0.25, 0.3) is 0 Å². The highest BCUT2D eigenvalue weighted by Gasteiger charge is 2.23. The van der Waals surface area contributed by atoms with E-state index < -0.39 is 0 Å². The van der Waals surface area contributed by atoms with Gasteiger partial charge in [-0.15, -0.1) is 0 Å². The minimum atomic E-state index is 0.713. The number of aryl methyl sites for hydroxylation is 1. The highest BCUT2D eigenvalue weighted by atomic mass is 14.9. The fraction of sp³-hybridized carbons (Fsp3) is 0.538. The molecule has 1 heterocycles. The second-order valence-corrected chi connectivity index (χ2v) is 4.43. The smallest absolute Gasteiger partial charge is 0.00228 e. The van der Waals surface area contributed by atoms with Crippen molar-refractivity contribution in [2.45, 2.75) is 26.2 Å². The van der Waals surface area contributed by atoms with Crippen LogP contribution >= 0.6 is 0 Å². The SMILES string of the molecule is Cc1ccccc1C1CNCCC1C. The summed E-state index contributed by atoms with van der Waals surface area (Å²) in [4.78, 5) is 0. The maximum atomic E-state index is 3.49. The molecule has 1 fully saturated rings. The molecular weight excluding hydrogens is 170 g/mol. The topological polar surface area (TPSA) is 12.0 Å². The molecule has 1 saturated heterocycles. The molecule has 0 amide bonds. The number of hydrogen-bond acceptors (Lipinski definition) is 1. The van der Waals surface area contributed by atoms with E-state index in [1.165, 1.54) is 24.1 Å². The molecular formula is C13H19N. The Balaban J connectivity index is 2.25. The lowest BCUT2D eigenvalue weighted by molar-refractivity contribution is 0.347. The van der Waals surface area contributed by atoms with Gasteiger partial charge in [-0.05, 0) is 42.9 Å². The van der Waals surface area contributed by atoms with E-state index in [9.17, 15) is 0 Å². The molecule has 1 aromatic rings. The highest BCUT2D eigenvalue weighted by Crippen LogP contribution is 2.30. The zero-order valence-electron chi connectivity index (χ0n) is 9.09. The Labute approximate surface area is 86.5 Å². The molecule has 1 aliphatic rings. The third-order valence-electron chi connectivity index (χ3n) is 3.42. The van der Waals surface area contributed by atoms with Gasteiger partial charge in [0.05, 0.1) is 0 Å². The van der Waals surface area contributed by atoms with Crippen molar-refractivity contribution in [1.29, 1.82) is 0 Å². The summed E-state index contributed by atoms with van der Waals surface area (Å²) in [5.41, 5.74) is 2.97. The predicted molar refractivity (Wildman–Crippen MR) is 60.6 cm³/mol. The van der Waals surface area contributed by atoms with Crippen molar-refractivity contribution < 1.29 is 0 Å². The van der Waals surface area contributed by atoms with E-state index >= 15 is 0 Å². The lowest BCUT2D eigenvalue weighted by Crippen LogP contribution is -2.34. The summed E-state index contributed by atoms with van der Waals surface area (Å²) in [7, 11) is 0. The Morgan fingerprint density at radius 1 is 1.29 bits per heavy atom. The standard InChI is InChI=1S/C13H19N/c1-10-5-3-4-6-12(10)13-9-14-8-7-11(13)2/h3-6,11,13-14H,7-9H2,1-2H3. The summed E-state index contributed by atoms with van der Waals surface area (Å²) in [6.45, 7) is 6.92. The molecule has 1 nitrogen and oxygen atoms in total. The van der Waals surface area contributed by atoms with Crippen LogP contribution in [0.3, 0.4) is 0 Å². The summed E-state index contributed by atoms with van der Waals surface area (Å²) in [5.74, 6) is 1.53. The molecule has 1 N–H and O–H groups in total. The van der Waals surface area contributed by atoms with Crippen LogP contribution in [0.5, 0.6) is 0 Å². The van der Waals surface area contributed by atoms with Crippen molar-refractivity contribution in [1.82, 2.24) is 5.32 Å². The maximum Gasteiger partial charge on any atom is 0.00228 e. The number of hydrogen-bond donors (Lipinski definition) is 1. The monoisotopic (exact) mass is 189 g/mol. The molecule has 0 radical (unpaired) electrons.